The van der Waals surface area contributed by atoms with Gasteiger partial charge in [-0.15, -0.1) is 0 Å². The van der Waals surface area contributed by atoms with Gasteiger partial charge in [0.2, 0.25) is 5.91 Å². The number of hydrogen-bond donors (Lipinski definition) is 1. The van der Waals surface area contributed by atoms with E-state index in [0.29, 0.717) is 5.91 Å². The number of hydrogen-bond acceptors (Lipinski definition) is 3. The monoisotopic (exact) mass is 280 g/mol. The highest BCUT2D eigenvalue weighted by Crippen LogP contribution is 2.37. The average molecular weight is 280 g/mol. The van der Waals surface area contributed by atoms with E-state index in [9.17, 15) is 4.79 Å². The first-order chi connectivity index (χ1) is 9.75. The average Bonchev–Trinajstić information content (AvgIpc) is 3.10. The van der Waals surface area contributed by atoms with E-state index in [2.05, 4.69) is 17.1 Å². The summed E-state index contributed by atoms with van der Waals surface area (Å²) in [7, 11) is 0. The van der Waals surface area contributed by atoms with Crippen LogP contribution in [0, 0.1) is 5.92 Å². The lowest BCUT2D eigenvalue weighted by Gasteiger charge is -2.23. The van der Waals surface area contributed by atoms with Crippen molar-refractivity contribution in [2.75, 3.05) is 19.8 Å². The zero-order chi connectivity index (χ0) is 14.0. The molecule has 0 aromatic rings. The Kier molecular flexibility index (Phi) is 4.32. The molecule has 1 aliphatic heterocycles. The van der Waals surface area contributed by atoms with E-state index in [-0.39, 0.29) is 11.7 Å². The molecule has 1 saturated heterocycles. The lowest BCUT2D eigenvalue weighted by atomic mass is 9.98. The van der Waals surface area contributed by atoms with Crippen molar-refractivity contribution in [2.24, 2.45) is 5.92 Å². The van der Waals surface area contributed by atoms with Gasteiger partial charge in [-0.3, -0.25) is 10.1 Å². The van der Waals surface area contributed by atoms with Gasteiger partial charge in [-0.1, -0.05) is 19.8 Å². The molecule has 3 aliphatic rings. The fraction of sp³-hybridized carbons (Fsp3) is 0.938. The highest BCUT2D eigenvalue weighted by Gasteiger charge is 2.51. The Labute approximate surface area is 122 Å². The molecule has 2 saturated carbocycles. The van der Waals surface area contributed by atoms with Crippen LogP contribution in [0.5, 0.6) is 0 Å². The molecular weight excluding hydrogens is 252 g/mol. The summed E-state index contributed by atoms with van der Waals surface area (Å²) < 4.78 is 5.68. The maximum absolute atomic E-state index is 12.7. The summed E-state index contributed by atoms with van der Waals surface area (Å²) in [4.78, 5) is 14.8. The predicted octanol–water partition coefficient (Wildman–Crippen LogP) is 2.28. The van der Waals surface area contributed by atoms with Crippen molar-refractivity contribution in [2.45, 2.75) is 70.0 Å². The molecule has 20 heavy (non-hydrogen) atoms. The first-order valence-corrected chi connectivity index (χ1v) is 8.42. The number of nitrogens with zero attached hydrogens (tertiary/aromatic N) is 1. The van der Waals surface area contributed by atoms with Gasteiger partial charge in [-0.05, 0) is 44.4 Å². The summed E-state index contributed by atoms with van der Waals surface area (Å²) in [5.41, 5.74) is -0.213. The maximum Gasteiger partial charge on any atom is 0.244 e. The van der Waals surface area contributed by atoms with Gasteiger partial charge in [0.1, 0.15) is 0 Å². The van der Waals surface area contributed by atoms with E-state index in [1.165, 1.54) is 25.7 Å². The fourth-order valence-electron chi connectivity index (χ4n) is 3.66. The lowest BCUT2D eigenvalue weighted by molar-refractivity contribution is -0.133. The molecule has 1 unspecified atom stereocenters. The van der Waals surface area contributed by atoms with E-state index in [0.717, 1.165) is 51.4 Å². The number of nitrogens with one attached hydrogen (secondary N) is 1. The van der Waals surface area contributed by atoms with Crippen LogP contribution in [-0.2, 0) is 9.53 Å². The maximum atomic E-state index is 12.7. The zero-order valence-electron chi connectivity index (χ0n) is 12.7. The van der Waals surface area contributed by atoms with Gasteiger partial charge in [-0.2, -0.15) is 0 Å². The van der Waals surface area contributed by atoms with Crippen LogP contribution in [-0.4, -0.2) is 42.3 Å². The minimum Gasteiger partial charge on any atom is -0.381 e. The Balaban J connectivity index is 1.47. The third-order valence-corrected chi connectivity index (χ3v) is 5.07. The topological polar surface area (TPSA) is 41.6 Å². The SMILES string of the molecule is CCC1NC2(CCCC2)C(=O)N1CCCOCC1CC1. The van der Waals surface area contributed by atoms with Gasteiger partial charge in [0.05, 0.1) is 11.7 Å². The van der Waals surface area contributed by atoms with Crippen LogP contribution in [0.2, 0.25) is 0 Å². The second-order valence-electron chi connectivity index (χ2n) is 6.73. The molecule has 114 valence electrons. The summed E-state index contributed by atoms with van der Waals surface area (Å²) in [6, 6.07) is 0. The van der Waals surface area contributed by atoms with Crippen LogP contribution < -0.4 is 5.32 Å². The van der Waals surface area contributed by atoms with Crippen molar-refractivity contribution in [3.05, 3.63) is 0 Å². The van der Waals surface area contributed by atoms with E-state index in [1.54, 1.807) is 0 Å². The quantitative estimate of drug-likeness (QED) is 0.728. The van der Waals surface area contributed by atoms with Crippen LogP contribution in [0.3, 0.4) is 0 Å². The van der Waals surface area contributed by atoms with E-state index < -0.39 is 0 Å². The molecule has 1 amide bonds. The molecule has 3 rings (SSSR count). The molecule has 3 fully saturated rings. The molecule has 0 radical (unpaired) electrons. The first kappa shape index (κ1) is 14.3. The van der Waals surface area contributed by atoms with Crippen molar-refractivity contribution in [1.82, 2.24) is 10.2 Å². The Hall–Kier alpha value is -0.610. The Morgan fingerprint density at radius 3 is 2.75 bits per heavy atom. The molecule has 4 nitrogen and oxygen atoms in total. The summed E-state index contributed by atoms with van der Waals surface area (Å²) in [6.07, 6.45) is 9.31. The van der Waals surface area contributed by atoms with E-state index in [4.69, 9.17) is 4.74 Å². The molecule has 1 N–H and O–H groups in total. The highest BCUT2D eigenvalue weighted by molar-refractivity contribution is 5.89. The number of ether oxygens (including phenoxy) is 1. The van der Waals surface area contributed by atoms with Crippen LogP contribution in [0.4, 0.5) is 0 Å². The predicted molar refractivity (Wildman–Crippen MR) is 78.3 cm³/mol. The smallest absolute Gasteiger partial charge is 0.244 e. The van der Waals surface area contributed by atoms with Crippen molar-refractivity contribution < 1.29 is 9.53 Å². The van der Waals surface area contributed by atoms with Crippen LogP contribution in [0.25, 0.3) is 0 Å². The van der Waals surface area contributed by atoms with Gasteiger partial charge < -0.3 is 9.64 Å². The number of amides is 1. The summed E-state index contributed by atoms with van der Waals surface area (Å²) in [6.45, 7) is 4.73. The Morgan fingerprint density at radius 1 is 1.35 bits per heavy atom. The molecule has 4 heteroatoms. The molecule has 0 aromatic carbocycles. The Morgan fingerprint density at radius 2 is 2.10 bits per heavy atom. The minimum atomic E-state index is -0.213. The summed E-state index contributed by atoms with van der Waals surface area (Å²) >= 11 is 0. The third kappa shape index (κ3) is 2.86. The van der Waals surface area contributed by atoms with Crippen molar-refractivity contribution >= 4 is 5.91 Å². The molecule has 2 aliphatic carbocycles. The number of carbonyl (C=O) groups excluding carboxylic acids is 1. The van der Waals surface area contributed by atoms with Crippen molar-refractivity contribution in [1.29, 1.82) is 0 Å². The van der Waals surface area contributed by atoms with Crippen molar-refractivity contribution in [3.63, 3.8) is 0 Å². The van der Waals surface area contributed by atoms with Gasteiger partial charge in [0.15, 0.2) is 0 Å². The van der Waals surface area contributed by atoms with Gasteiger partial charge in [0.25, 0.3) is 0 Å². The first-order valence-electron chi connectivity index (χ1n) is 8.42. The largest absolute Gasteiger partial charge is 0.381 e. The second-order valence-corrected chi connectivity index (χ2v) is 6.73. The van der Waals surface area contributed by atoms with Crippen LogP contribution in [0.15, 0.2) is 0 Å². The summed E-state index contributed by atoms with van der Waals surface area (Å²) in [5.74, 6) is 1.18. The van der Waals surface area contributed by atoms with Gasteiger partial charge in [-0.25, -0.2) is 0 Å². The van der Waals surface area contributed by atoms with Gasteiger partial charge >= 0.3 is 0 Å². The molecule has 1 atom stereocenters. The van der Waals surface area contributed by atoms with Gasteiger partial charge in [0, 0.05) is 19.8 Å². The highest BCUT2D eigenvalue weighted by atomic mass is 16.5. The zero-order valence-corrected chi connectivity index (χ0v) is 12.7. The summed E-state index contributed by atoms with van der Waals surface area (Å²) in [5, 5.41) is 3.62. The van der Waals surface area contributed by atoms with Crippen LogP contribution >= 0.6 is 0 Å². The lowest BCUT2D eigenvalue weighted by Crippen LogP contribution is -2.44. The van der Waals surface area contributed by atoms with Crippen LogP contribution in [0.1, 0.15) is 58.3 Å². The second kappa shape index (κ2) is 6.02. The third-order valence-electron chi connectivity index (χ3n) is 5.07. The Bertz CT molecular complexity index is 348. The molecule has 1 spiro atoms. The van der Waals surface area contributed by atoms with E-state index in [1.807, 2.05) is 0 Å². The number of carbonyl (C=O) groups is 1. The molecular formula is C16H28N2O2. The van der Waals surface area contributed by atoms with Crippen molar-refractivity contribution in [3.8, 4) is 0 Å². The minimum absolute atomic E-state index is 0.213. The molecule has 0 aromatic heterocycles. The fourth-order valence-corrected chi connectivity index (χ4v) is 3.66. The number of rotatable bonds is 7. The standard InChI is InChI=1S/C16H28N2O2/c1-2-14-17-16(8-3-4-9-16)15(19)18(14)10-5-11-20-12-13-6-7-13/h13-14,17H,2-12H2,1H3. The molecule has 1 heterocycles. The van der Waals surface area contributed by atoms with E-state index >= 15 is 0 Å². The normalized spacial score (nSPS) is 28.8. The molecule has 0 bridgehead atoms.